The van der Waals surface area contributed by atoms with Gasteiger partial charge in [-0.3, -0.25) is 9.59 Å². The van der Waals surface area contributed by atoms with Crippen molar-refractivity contribution in [3.05, 3.63) is 12.2 Å². The molecule has 0 rings (SSSR count). The van der Waals surface area contributed by atoms with Crippen LogP contribution >= 0.6 is 0 Å². The molecule has 1 unspecified atom stereocenters. The Labute approximate surface area is 53.0 Å². The highest BCUT2D eigenvalue weighted by Gasteiger charge is 2.01. The van der Waals surface area contributed by atoms with Crippen LogP contribution in [-0.2, 0) is 9.59 Å². The van der Waals surface area contributed by atoms with E-state index in [2.05, 4.69) is 0 Å². The van der Waals surface area contributed by atoms with Crippen molar-refractivity contribution in [2.75, 3.05) is 0 Å². The zero-order valence-corrected chi connectivity index (χ0v) is 5.07. The molecule has 0 saturated carbocycles. The number of aldehydes is 1. The largest absolute Gasteiger partial charge is 0.385 e. The predicted molar refractivity (Wildman–Crippen MR) is 31.9 cm³/mol. The summed E-state index contributed by atoms with van der Waals surface area (Å²) in [4.78, 5) is 20.0. The molecule has 1 N–H and O–H groups in total. The molecule has 0 aromatic heterocycles. The van der Waals surface area contributed by atoms with E-state index in [-0.39, 0.29) is 0 Å². The highest BCUT2D eigenvalue weighted by atomic mass is 16.3. The monoisotopic (exact) mass is 128 g/mol. The normalized spacial score (nSPS) is 13.6. The van der Waals surface area contributed by atoms with Gasteiger partial charge in [0.15, 0.2) is 5.78 Å². The maximum atomic E-state index is 10.4. The molecule has 0 spiro atoms. The van der Waals surface area contributed by atoms with Crippen molar-refractivity contribution in [1.29, 1.82) is 0 Å². The lowest BCUT2D eigenvalue weighted by Gasteiger charge is -1.93. The van der Waals surface area contributed by atoms with E-state index in [1.165, 1.54) is 6.92 Å². The molecular formula is C6H8O3. The van der Waals surface area contributed by atoms with E-state index in [1.807, 2.05) is 0 Å². The zero-order valence-electron chi connectivity index (χ0n) is 5.07. The van der Waals surface area contributed by atoms with Crippen LogP contribution in [0.4, 0.5) is 0 Å². The Morgan fingerprint density at radius 1 is 1.67 bits per heavy atom. The molecule has 0 radical (unpaired) electrons. The summed E-state index contributed by atoms with van der Waals surface area (Å²) in [6.45, 7) is 1.34. The summed E-state index contributed by atoms with van der Waals surface area (Å²) in [5.41, 5.74) is 0. The van der Waals surface area contributed by atoms with Gasteiger partial charge in [-0.25, -0.2) is 0 Å². The molecule has 9 heavy (non-hydrogen) atoms. The van der Waals surface area contributed by atoms with E-state index in [0.717, 1.165) is 12.2 Å². The number of ketones is 1. The van der Waals surface area contributed by atoms with Gasteiger partial charge in [-0.15, -0.1) is 0 Å². The van der Waals surface area contributed by atoms with Gasteiger partial charge in [0.1, 0.15) is 12.4 Å². The minimum atomic E-state index is -1.01. The van der Waals surface area contributed by atoms with Gasteiger partial charge in [0.25, 0.3) is 0 Å². The fourth-order valence-electron chi connectivity index (χ4n) is 0.273. The van der Waals surface area contributed by atoms with Crippen molar-refractivity contribution in [1.82, 2.24) is 0 Å². The van der Waals surface area contributed by atoms with Gasteiger partial charge < -0.3 is 5.11 Å². The molecule has 0 saturated heterocycles. The van der Waals surface area contributed by atoms with Crippen molar-refractivity contribution >= 4 is 12.1 Å². The maximum Gasteiger partial charge on any atom is 0.183 e. The molecule has 0 aromatic carbocycles. The minimum absolute atomic E-state index is 0.456. The summed E-state index contributed by atoms with van der Waals surface area (Å²) in [6.07, 6.45) is 1.56. The SMILES string of the molecule is CC(O)C(=O)C=CC=O. The second-order valence-electron chi connectivity index (χ2n) is 1.57. The first kappa shape index (κ1) is 8.04. The Morgan fingerprint density at radius 3 is 2.56 bits per heavy atom. The van der Waals surface area contributed by atoms with E-state index in [9.17, 15) is 9.59 Å². The van der Waals surface area contributed by atoms with Crippen LogP contribution in [0.15, 0.2) is 12.2 Å². The molecule has 3 nitrogen and oxygen atoms in total. The van der Waals surface area contributed by atoms with Crippen LogP contribution in [0.25, 0.3) is 0 Å². The Morgan fingerprint density at radius 2 is 2.22 bits per heavy atom. The van der Waals surface area contributed by atoms with E-state index < -0.39 is 11.9 Å². The van der Waals surface area contributed by atoms with Crippen LogP contribution in [0.1, 0.15) is 6.92 Å². The van der Waals surface area contributed by atoms with E-state index in [1.54, 1.807) is 0 Å². The number of rotatable bonds is 3. The molecule has 0 bridgehead atoms. The van der Waals surface area contributed by atoms with Gasteiger partial charge in [0.05, 0.1) is 0 Å². The summed E-state index contributed by atoms with van der Waals surface area (Å²) in [7, 11) is 0. The van der Waals surface area contributed by atoms with Crippen LogP contribution in [0.3, 0.4) is 0 Å². The smallest absolute Gasteiger partial charge is 0.183 e. The van der Waals surface area contributed by atoms with Crippen molar-refractivity contribution in [3.63, 3.8) is 0 Å². The molecule has 0 amide bonds. The summed E-state index contributed by atoms with van der Waals surface area (Å²) in [5.74, 6) is -0.456. The first-order valence-corrected chi connectivity index (χ1v) is 2.52. The van der Waals surface area contributed by atoms with Crippen molar-refractivity contribution in [3.8, 4) is 0 Å². The van der Waals surface area contributed by atoms with Gasteiger partial charge in [-0.05, 0) is 19.1 Å². The molecule has 1 atom stereocenters. The minimum Gasteiger partial charge on any atom is -0.385 e. The highest BCUT2D eigenvalue weighted by molar-refractivity contribution is 5.95. The first-order valence-electron chi connectivity index (χ1n) is 2.52. The summed E-state index contributed by atoms with van der Waals surface area (Å²) < 4.78 is 0. The van der Waals surface area contributed by atoms with Crippen LogP contribution in [0.5, 0.6) is 0 Å². The number of hydrogen-bond acceptors (Lipinski definition) is 3. The Bertz CT molecular complexity index is 135. The Balaban J connectivity index is 3.76. The molecule has 0 aromatic rings. The number of allylic oxidation sites excluding steroid dienone is 1. The van der Waals surface area contributed by atoms with Gasteiger partial charge >= 0.3 is 0 Å². The molecule has 0 aliphatic rings. The Hall–Kier alpha value is -0.960. The highest BCUT2D eigenvalue weighted by Crippen LogP contribution is 1.83. The lowest BCUT2D eigenvalue weighted by molar-refractivity contribution is -0.121. The Kier molecular flexibility index (Phi) is 3.55. The third-order valence-electron chi connectivity index (χ3n) is 0.751. The van der Waals surface area contributed by atoms with Gasteiger partial charge in [0.2, 0.25) is 0 Å². The van der Waals surface area contributed by atoms with Crippen molar-refractivity contribution < 1.29 is 14.7 Å². The van der Waals surface area contributed by atoms with E-state index >= 15 is 0 Å². The number of aliphatic hydroxyl groups is 1. The summed E-state index contributed by atoms with van der Waals surface area (Å²) >= 11 is 0. The van der Waals surface area contributed by atoms with Gasteiger partial charge in [-0.1, -0.05) is 0 Å². The molecule has 3 heteroatoms. The van der Waals surface area contributed by atoms with E-state index in [4.69, 9.17) is 5.11 Å². The topological polar surface area (TPSA) is 54.4 Å². The van der Waals surface area contributed by atoms with Crippen LogP contribution < -0.4 is 0 Å². The summed E-state index contributed by atoms with van der Waals surface area (Å²) in [6, 6.07) is 0. The third-order valence-corrected chi connectivity index (χ3v) is 0.751. The fourth-order valence-corrected chi connectivity index (χ4v) is 0.273. The maximum absolute atomic E-state index is 10.4. The molecule has 0 fully saturated rings. The summed E-state index contributed by atoms with van der Waals surface area (Å²) in [5, 5.41) is 8.53. The number of carbonyl (C=O) groups excluding carboxylic acids is 2. The lowest BCUT2D eigenvalue weighted by Crippen LogP contribution is -2.12. The zero-order chi connectivity index (χ0) is 7.28. The van der Waals surface area contributed by atoms with Crippen molar-refractivity contribution in [2.24, 2.45) is 0 Å². The van der Waals surface area contributed by atoms with Gasteiger partial charge in [0, 0.05) is 0 Å². The number of carbonyl (C=O) groups is 2. The predicted octanol–water partition coefficient (Wildman–Crippen LogP) is -0.309. The number of hydrogen-bond donors (Lipinski definition) is 1. The third kappa shape index (κ3) is 3.61. The molecular weight excluding hydrogens is 120 g/mol. The molecule has 0 heterocycles. The van der Waals surface area contributed by atoms with Crippen molar-refractivity contribution in [2.45, 2.75) is 13.0 Å². The second kappa shape index (κ2) is 3.97. The first-order chi connectivity index (χ1) is 4.18. The average molecular weight is 128 g/mol. The van der Waals surface area contributed by atoms with E-state index in [0.29, 0.717) is 6.29 Å². The molecule has 50 valence electrons. The molecule has 0 aliphatic carbocycles. The van der Waals surface area contributed by atoms with Crippen LogP contribution in [0, 0.1) is 0 Å². The quantitative estimate of drug-likeness (QED) is 0.419. The lowest BCUT2D eigenvalue weighted by atomic mass is 10.2. The fraction of sp³-hybridized carbons (Fsp3) is 0.333. The standard InChI is InChI=1S/C6H8O3/c1-5(8)6(9)3-2-4-7/h2-5,8H,1H3. The van der Waals surface area contributed by atoms with Gasteiger partial charge in [-0.2, -0.15) is 0 Å². The molecule has 0 aliphatic heterocycles. The average Bonchev–Trinajstić information content (AvgIpc) is 1.82. The van der Waals surface area contributed by atoms with Crippen LogP contribution in [0.2, 0.25) is 0 Å². The second-order valence-corrected chi connectivity index (χ2v) is 1.57. The number of aliphatic hydroxyl groups excluding tert-OH is 1. The van der Waals surface area contributed by atoms with Crippen LogP contribution in [-0.4, -0.2) is 23.3 Å².